The zero-order chi connectivity index (χ0) is 24.2. The molecule has 1 aliphatic heterocycles. The lowest BCUT2D eigenvalue weighted by Crippen LogP contribution is -2.50. The lowest BCUT2D eigenvalue weighted by Gasteiger charge is -2.26. The number of nitrogens with zero attached hydrogens (tertiary/aromatic N) is 1. The fourth-order valence-corrected chi connectivity index (χ4v) is 3.45. The van der Waals surface area contributed by atoms with Gasteiger partial charge in [0.15, 0.2) is 0 Å². The Morgan fingerprint density at radius 2 is 1.82 bits per heavy atom. The van der Waals surface area contributed by atoms with E-state index in [4.69, 9.17) is 9.94 Å². The van der Waals surface area contributed by atoms with E-state index in [0.29, 0.717) is 5.56 Å². The first-order valence-electron chi connectivity index (χ1n) is 11.2. The van der Waals surface area contributed by atoms with Crippen molar-refractivity contribution in [2.45, 2.75) is 12.6 Å². The van der Waals surface area contributed by atoms with Gasteiger partial charge in [0, 0.05) is 37.3 Å². The molecule has 1 atom stereocenters. The molecule has 1 saturated heterocycles. The number of carbonyl (C=O) groups excluding carboxylic acids is 2. The second-order valence-corrected chi connectivity index (χ2v) is 7.87. The minimum Gasteiger partial charge on any atom is -0.379 e. The lowest BCUT2D eigenvalue weighted by molar-refractivity contribution is -0.131. The van der Waals surface area contributed by atoms with Crippen LogP contribution in [0.25, 0.3) is 6.08 Å². The summed E-state index contributed by atoms with van der Waals surface area (Å²) in [4.78, 5) is 26.4. The SMILES string of the molecule is CNC[C@H](NC(=O)c1ccc(C#C/C=C/c2ccc(CN3CCOCC3)cc2)cc1)C(=O)NO. The molecule has 2 aromatic carbocycles. The van der Waals surface area contributed by atoms with Crippen LogP contribution in [0.15, 0.2) is 54.6 Å². The highest BCUT2D eigenvalue weighted by molar-refractivity contribution is 5.97. The summed E-state index contributed by atoms with van der Waals surface area (Å²) in [5.41, 5.74) is 5.07. The number of morpholine rings is 1. The Morgan fingerprint density at radius 1 is 1.12 bits per heavy atom. The maximum absolute atomic E-state index is 12.4. The van der Waals surface area contributed by atoms with Crippen LogP contribution in [0, 0.1) is 11.8 Å². The molecule has 178 valence electrons. The molecule has 1 fully saturated rings. The third kappa shape index (κ3) is 7.83. The summed E-state index contributed by atoms with van der Waals surface area (Å²) in [5.74, 6) is 4.94. The summed E-state index contributed by atoms with van der Waals surface area (Å²) in [6.45, 7) is 4.67. The average molecular weight is 463 g/mol. The van der Waals surface area contributed by atoms with Gasteiger partial charge < -0.3 is 15.4 Å². The van der Waals surface area contributed by atoms with Crippen LogP contribution in [-0.2, 0) is 16.1 Å². The second-order valence-electron chi connectivity index (χ2n) is 7.87. The number of amides is 2. The first-order valence-corrected chi connectivity index (χ1v) is 11.2. The Bertz CT molecular complexity index is 1030. The van der Waals surface area contributed by atoms with Crippen LogP contribution >= 0.6 is 0 Å². The number of benzene rings is 2. The molecule has 3 rings (SSSR count). The number of rotatable bonds is 8. The molecule has 0 radical (unpaired) electrons. The number of hydroxylamine groups is 1. The zero-order valence-corrected chi connectivity index (χ0v) is 19.2. The molecule has 0 bridgehead atoms. The van der Waals surface area contributed by atoms with Gasteiger partial charge in [-0.25, -0.2) is 5.48 Å². The fourth-order valence-electron chi connectivity index (χ4n) is 3.45. The van der Waals surface area contributed by atoms with Gasteiger partial charge in [-0.1, -0.05) is 36.1 Å². The number of ether oxygens (including phenoxy) is 1. The van der Waals surface area contributed by atoms with Gasteiger partial charge in [0.2, 0.25) is 0 Å². The van der Waals surface area contributed by atoms with Crippen molar-refractivity contribution < 1.29 is 19.5 Å². The van der Waals surface area contributed by atoms with Crippen LogP contribution in [0.5, 0.6) is 0 Å². The molecular weight excluding hydrogens is 432 g/mol. The highest BCUT2D eigenvalue weighted by Crippen LogP contribution is 2.10. The van der Waals surface area contributed by atoms with Gasteiger partial charge in [-0.2, -0.15) is 0 Å². The van der Waals surface area contributed by atoms with Crippen molar-refractivity contribution >= 4 is 17.9 Å². The number of carbonyl (C=O) groups is 2. The molecule has 0 aromatic heterocycles. The zero-order valence-electron chi connectivity index (χ0n) is 19.2. The number of hydrogen-bond donors (Lipinski definition) is 4. The summed E-state index contributed by atoms with van der Waals surface area (Å²) in [5, 5.41) is 14.2. The summed E-state index contributed by atoms with van der Waals surface area (Å²) in [6, 6.07) is 14.3. The number of nitrogens with one attached hydrogen (secondary N) is 3. The molecular formula is C26H30N4O4. The maximum Gasteiger partial charge on any atom is 0.267 e. The van der Waals surface area contributed by atoms with Gasteiger partial charge in [-0.15, -0.1) is 0 Å². The quantitative estimate of drug-likeness (QED) is 0.269. The van der Waals surface area contributed by atoms with Crippen LogP contribution in [0.4, 0.5) is 0 Å². The number of hydrogen-bond acceptors (Lipinski definition) is 6. The Kier molecular flexibility index (Phi) is 9.82. The summed E-state index contributed by atoms with van der Waals surface area (Å²) in [7, 11) is 1.65. The van der Waals surface area contributed by atoms with Gasteiger partial charge in [0.1, 0.15) is 6.04 Å². The van der Waals surface area contributed by atoms with E-state index in [1.807, 2.05) is 6.08 Å². The van der Waals surface area contributed by atoms with E-state index in [2.05, 4.69) is 51.6 Å². The summed E-state index contributed by atoms with van der Waals surface area (Å²) in [6.07, 6.45) is 3.76. The van der Waals surface area contributed by atoms with Crippen molar-refractivity contribution in [3.63, 3.8) is 0 Å². The normalized spacial score (nSPS) is 14.8. The van der Waals surface area contributed by atoms with Gasteiger partial charge in [-0.3, -0.25) is 19.7 Å². The molecule has 1 heterocycles. The van der Waals surface area contributed by atoms with Crippen LogP contribution in [0.3, 0.4) is 0 Å². The van der Waals surface area contributed by atoms with Crippen molar-refractivity contribution in [2.24, 2.45) is 0 Å². The van der Waals surface area contributed by atoms with E-state index >= 15 is 0 Å². The maximum atomic E-state index is 12.4. The van der Waals surface area contributed by atoms with Crippen molar-refractivity contribution in [3.05, 3.63) is 76.9 Å². The van der Waals surface area contributed by atoms with Crippen LogP contribution in [0.2, 0.25) is 0 Å². The summed E-state index contributed by atoms with van der Waals surface area (Å²) >= 11 is 0. The van der Waals surface area contributed by atoms with E-state index in [-0.39, 0.29) is 6.54 Å². The minimum absolute atomic E-state index is 0.185. The van der Waals surface area contributed by atoms with Crippen LogP contribution < -0.4 is 16.1 Å². The van der Waals surface area contributed by atoms with E-state index in [1.165, 1.54) is 5.56 Å². The van der Waals surface area contributed by atoms with Crippen molar-refractivity contribution in [1.29, 1.82) is 0 Å². The largest absolute Gasteiger partial charge is 0.379 e. The minimum atomic E-state index is -0.888. The molecule has 2 amide bonds. The number of allylic oxidation sites excluding steroid dienone is 1. The number of likely N-dealkylation sites (N-methyl/N-ethyl adjacent to an activating group) is 1. The van der Waals surface area contributed by atoms with Crippen molar-refractivity contribution in [3.8, 4) is 11.8 Å². The lowest BCUT2D eigenvalue weighted by atomic mass is 10.1. The Labute approximate surface area is 199 Å². The standard InChI is InChI=1S/C26H30N4O4/c1-27-18-24(26(32)29-33)28-25(31)23-12-10-21(11-13-23)5-3-2-4-20-6-8-22(9-7-20)19-30-14-16-34-17-15-30/h2,4,6-13,24,27,33H,14-19H2,1H3,(H,28,31)(H,29,32)/b4-2+/t24-/m0/s1. The molecule has 8 heteroatoms. The highest BCUT2D eigenvalue weighted by atomic mass is 16.5. The Hall–Kier alpha value is -3.48. The fraction of sp³-hybridized carbons (Fsp3) is 0.308. The molecule has 34 heavy (non-hydrogen) atoms. The highest BCUT2D eigenvalue weighted by Gasteiger charge is 2.20. The van der Waals surface area contributed by atoms with E-state index in [9.17, 15) is 9.59 Å². The molecule has 1 aliphatic rings. The first kappa shape index (κ1) is 25.1. The van der Waals surface area contributed by atoms with E-state index in [0.717, 1.165) is 44.0 Å². The van der Waals surface area contributed by atoms with Gasteiger partial charge in [0.25, 0.3) is 11.8 Å². The molecule has 0 spiro atoms. The predicted octanol–water partition coefficient (Wildman–Crippen LogP) is 1.41. The van der Waals surface area contributed by atoms with Gasteiger partial charge >= 0.3 is 0 Å². The van der Waals surface area contributed by atoms with Gasteiger partial charge in [-0.05, 0) is 54.6 Å². The van der Waals surface area contributed by atoms with Gasteiger partial charge in [0.05, 0.1) is 13.2 Å². The molecule has 0 saturated carbocycles. The smallest absolute Gasteiger partial charge is 0.267 e. The Balaban J connectivity index is 1.51. The van der Waals surface area contributed by atoms with E-state index in [1.54, 1.807) is 42.9 Å². The molecule has 0 unspecified atom stereocenters. The van der Waals surface area contributed by atoms with E-state index < -0.39 is 17.9 Å². The molecule has 2 aromatic rings. The third-order valence-corrected chi connectivity index (χ3v) is 5.35. The molecule has 4 N–H and O–H groups in total. The monoisotopic (exact) mass is 462 g/mol. The Morgan fingerprint density at radius 3 is 2.47 bits per heavy atom. The third-order valence-electron chi connectivity index (χ3n) is 5.35. The van der Waals surface area contributed by atoms with Crippen molar-refractivity contribution in [1.82, 2.24) is 21.0 Å². The van der Waals surface area contributed by atoms with Crippen LogP contribution in [-0.4, -0.2) is 67.9 Å². The first-order chi connectivity index (χ1) is 16.6. The summed E-state index contributed by atoms with van der Waals surface area (Å²) < 4.78 is 5.39. The second kappa shape index (κ2) is 13.3. The topological polar surface area (TPSA) is 103 Å². The average Bonchev–Trinajstić information content (AvgIpc) is 2.87. The molecule has 8 nitrogen and oxygen atoms in total. The van der Waals surface area contributed by atoms with Crippen LogP contribution in [0.1, 0.15) is 27.0 Å². The van der Waals surface area contributed by atoms with Crippen molar-refractivity contribution in [2.75, 3.05) is 39.9 Å². The predicted molar refractivity (Wildman–Crippen MR) is 130 cm³/mol. The molecule has 0 aliphatic carbocycles.